The van der Waals surface area contributed by atoms with E-state index in [1.807, 2.05) is 0 Å². The maximum absolute atomic E-state index is 12.4. The number of hydrogen-bond donors (Lipinski definition) is 3. The van der Waals surface area contributed by atoms with Crippen LogP contribution in [0.25, 0.3) is 0 Å². The number of fused-ring (bicyclic) bond motifs is 5. The Labute approximate surface area is 212 Å². The number of rotatable bonds is 4. The summed E-state index contributed by atoms with van der Waals surface area (Å²) < 4.78 is 0. The van der Waals surface area contributed by atoms with Gasteiger partial charge in [0.25, 0.3) is 0 Å². The van der Waals surface area contributed by atoms with Gasteiger partial charge in [0.2, 0.25) is 0 Å². The monoisotopic (exact) mass is 487 g/mol. The van der Waals surface area contributed by atoms with Gasteiger partial charge in [-0.3, -0.25) is 4.84 Å². The molecule has 0 aromatic carbocycles. The Balaban J connectivity index is 1.21. The van der Waals surface area contributed by atoms with Gasteiger partial charge >= 0.3 is 6.09 Å². The average molecular weight is 488 g/mol. The van der Waals surface area contributed by atoms with Gasteiger partial charge in [-0.15, -0.1) is 0 Å². The van der Waals surface area contributed by atoms with Crippen LogP contribution in [0.2, 0.25) is 0 Å². The van der Waals surface area contributed by atoms with E-state index in [1.54, 1.807) is 0 Å². The molecule has 0 aromatic heterocycles. The summed E-state index contributed by atoms with van der Waals surface area (Å²) in [4.78, 5) is 17.7. The lowest BCUT2D eigenvalue weighted by molar-refractivity contribution is -0.123. The number of nitrogens with one attached hydrogen (secondary N) is 2. The molecule has 6 heteroatoms. The van der Waals surface area contributed by atoms with Crippen LogP contribution in [-0.4, -0.2) is 42.1 Å². The molecule has 198 valence electrons. The summed E-state index contributed by atoms with van der Waals surface area (Å²) in [5, 5.41) is 21.1. The third-order valence-corrected chi connectivity index (χ3v) is 12.0. The molecule has 6 nitrogen and oxygen atoms in total. The molecule has 0 radical (unpaired) electrons. The molecule has 35 heavy (non-hydrogen) atoms. The maximum atomic E-state index is 12.4. The van der Waals surface area contributed by atoms with Gasteiger partial charge < -0.3 is 15.7 Å². The Bertz CT molecular complexity index is 843. The molecule has 1 aliphatic heterocycles. The minimum Gasteiger partial charge on any atom is -0.393 e. The van der Waals surface area contributed by atoms with Crippen molar-refractivity contribution in [2.75, 3.05) is 13.1 Å². The van der Waals surface area contributed by atoms with E-state index in [4.69, 9.17) is 4.84 Å². The van der Waals surface area contributed by atoms with Crippen molar-refractivity contribution in [3.05, 3.63) is 0 Å². The van der Waals surface area contributed by atoms with Crippen LogP contribution in [0.5, 0.6) is 0 Å². The Morgan fingerprint density at radius 2 is 1.74 bits per heavy atom. The van der Waals surface area contributed by atoms with Crippen molar-refractivity contribution in [3.8, 4) is 0 Å². The molecular weight excluding hydrogens is 438 g/mol. The van der Waals surface area contributed by atoms with Crippen LogP contribution in [0.1, 0.15) is 98.8 Å². The third kappa shape index (κ3) is 4.45. The molecule has 0 spiro atoms. The third-order valence-electron chi connectivity index (χ3n) is 12.0. The van der Waals surface area contributed by atoms with E-state index in [0.717, 1.165) is 55.7 Å². The summed E-state index contributed by atoms with van der Waals surface area (Å²) in [5.74, 6) is 3.45. The van der Waals surface area contributed by atoms with Crippen LogP contribution in [0.4, 0.5) is 4.79 Å². The first-order valence-corrected chi connectivity index (χ1v) is 14.5. The van der Waals surface area contributed by atoms with Gasteiger partial charge in [0.1, 0.15) is 0 Å². The number of carbonyl (C=O) groups is 1. The number of aliphatic hydroxyl groups excluding tert-OH is 1. The van der Waals surface area contributed by atoms with E-state index in [1.165, 1.54) is 38.5 Å². The van der Waals surface area contributed by atoms with E-state index in [0.29, 0.717) is 23.8 Å². The van der Waals surface area contributed by atoms with Crippen LogP contribution in [0, 0.1) is 45.8 Å². The highest BCUT2D eigenvalue weighted by atomic mass is 16.7. The fourth-order valence-corrected chi connectivity index (χ4v) is 9.68. The standard InChI is InChI=1S/C29H49N3O3/c1-18(32-35-26(34)31-17-25-27(2,3)14-15-30-25)22-8-9-23-21-7-6-19-16-20(33)10-12-28(19,4)24(21)11-13-29(22,23)5/h19-25,30,33H,6-17H2,1-5H3,(H,31,34)/b32-18+/t19-,20+,21-,22+,23-,24-,25?,28-,29+/m0/s1. The molecule has 1 heterocycles. The SMILES string of the molecule is C/C(=N\OC(=O)NCC1NCCC1(C)C)[C@H]1CC[C@H]2[C@@H]3CC[C@H]4C[C@H](O)CC[C@]4(C)[C@H]3CC[C@]12C. The smallest absolute Gasteiger partial charge is 0.393 e. The van der Waals surface area contributed by atoms with Crippen molar-refractivity contribution in [2.45, 2.75) is 111 Å². The molecule has 5 aliphatic rings. The van der Waals surface area contributed by atoms with E-state index >= 15 is 0 Å². The number of nitrogens with zero attached hydrogens (tertiary/aromatic N) is 1. The first-order chi connectivity index (χ1) is 16.5. The van der Waals surface area contributed by atoms with Crippen LogP contribution in [-0.2, 0) is 4.84 Å². The highest BCUT2D eigenvalue weighted by molar-refractivity contribution is 5.85. The fourth-order valence-electron chi connectivity index (χ4n) is 9.68. The van der Waals surface area contributed by atoms with Crippen molar-refractivity contribution >= 4 is 11.8 Å². The van der Waals surface area contributed by atoms with Crippen molar-refractivity contribution in [3.63, 3.8) is 0 Å². The van der Waals surface area contributed by atoms with Crippen LogP contribution < -0.4 is 10.6 Å². The molecule has 9 atom stereocenters. The zero-order valence-corrected chi connectivity index (χ0v) is 22.7. The number of amides is 1. The summed E-state index contributed by atoms with van der Waals surface area (Å²) in [7, 11) is 0. The van der Waals surface area contributed by atoms with Crippen molar-refractivity contribution in [2.24, 2.45) is 51.0 Å². The van der Waals surface area contributed by atoms with Crippen LogP contribution >= 0.6 is 0 Å². The molecule has 1 unspecified atom stereocenters. The Hall–Kier alpha value is -1.14. The van der Waals surface area contributed by atoms with Gasteiger partial charge in [-0.2, -0.15) is 0 Å². The van der Waals surface area contributed by atoms with E-state index in [-0.39, 0.29) is 23.0 Å². The molecule has 5 rings (SSSR count). The van der Waals surface area contributed by atoms with Crippen molar-refractivity contribution in [1.82, 2.24) is 10.6 Å². The molecule has 5 fully saturated rings. The summed E-state index contributed by atoms with van der Waals surface area (Å²) >= 11 is 0. The number of aliphatic hydroxyl groups is 1. The van der Waals surface area contributed by atoms with Gasteiger partial charge in [0.15, 0.2) is 0 Å². The number of oxime groups is 1. The van der Waals surface area contributed by atoms with Crippen LogP contribution in [0.15, 0.2) is 5.16 Å². The normalized spacial score (nSPS) is 46.9. The summed E-state index contributed by atoms with van der Waals surface area (Å²) in [6, 6.07) is 0.272. The second kappa shape index (κ2) is 9.31. The Morgan fingerprint density at radius 1 is 1.00 bits per heavy atom. The minimum absolute atomic E-state index is 0.0775. The quantitative estimate of drug-likeness (QED) is 0.278. The van der Waals surface area contributed by atoms with Crippen molar-refractivity contribution < 1.29 is 14.7 Å². The highest BCUT2D eigenvalue weighted by Gasteiger charge is 2.60. The molecule has 4 saturated carbocycles. The Morgan fingerprint density at radius 3 is 2.49 bits per heavy atom. The van der Waals surface area contributed by atoms with E-state index < -0.39 is 6.09 Å². The number of carbonyl (C=O) groups excluding carboxylic acids is 1. The van der Waals surface area contributed by atoms with Gasteiger partial charge in [-0.05, 0) is 118 Å². The molecular formula is C29H49N3O3. The molecule has 1 saturated heterocycles. The first-order valence-electron chi connectivity index (χ1n) is 14.5. The maximum Gasteiger partial charge on any atom is 0.433 e. The van der Waals surface area contributed by atoms with E-state index in [9.17, 15) is 9.90 Å². The summed E-state index contributed by atoms with van der Waals surface area (Å²) in [6.45, 7) is 13.2. The van der Waals surface area contributed by atoms with Crippen LogP contribution in [0.3, 0.4) is 0 Å². The summed E-state index contributed by atoms with van der Waals surface area (Å²) in [6.07, 6.45) is 11.4. The minimum atomic E-state index is -0.442. The largest absolute Gasteiger partial charge is 0.433 e. The highest BCUT2D eigenvalue weighted by Crippen LogP contribution is 2.67. The van der Waals surface area contributed by atoms with Gasteiger partial charge in [-0.1, -0.05) is 32.9 Å². The molecule has 0 aromatic rings. The zero-order valence-electron chi connectivity index (χ0n) is 22.7. The topological polar surface area (TPSA) is 83.0 Å². The molecule has 1 amide bonds. The predicted octanol–water partition coefficient (Wildman–Crippen LogP) is 5.50. The zero-order chi connectivity index (χ0) is 25.0. The lowest BCUT2D eigenvalue weighted by Crippen LogP contribution is -2.54. The lowest BCUT2D eigenvalue weighted by atomic mass is 9.44. The second-order valence-electron chi connectivity index (χ2n) is 14.0. The van der Waals surface area contributed by atoms with Gasteiger partial charge in [0, 0.05) is 18.5 Å². The number of hydrogen-bond acceptors (Lipinski definition) is 5. The fraction of sp³-hybridized carbons (Fsp3) is 0.931. The van der Waals surface area contributed by atoms with Crippen molar-refractivity contribution in [1.29, 1.82) is 0 Å². The van der Waals surface area contributed by atoms with Gasteiger partial charge in [-0.25, -0.2) is 4.79 Å². The molecule has 4 aliphatic carbocycles. The first kappa shape index (κ1) is 25.5. The molecule has 3 N–H and O–H groups in total. The predicted molar refractivity (Wildman–Crippen MR) is 139 cm³/mol. The summed E-state index contributed by atoms with van der Waals surface area (Å²) in [5.41, 5.74) is 1.84. The van der Waals surface area contributed by atoms with Gasteiger partial charge in [0.05, 0.1) is 11.8 Å². The average Bonchev–Trinajstić information content (AvgIpc) is 3.34. The lowest BCUT2D eigenvalue weighted by Gasteiger charge is -2.61. The Kier molecular flexibility index (Phi) is 6.78. The second-order valence-corrected chi connectivity index (χ2v) is 14.0. The molecule has 0 bridgehead atoms. The van der Waals surface area contributed by atoms with E-state index in [2.05, 4.69) is 50.4 Å².